The fourth-order valence-corrected chi connectivity index (χ4v) is 0.0809. The van der Waals surface area contributed by atoms with E-state index in [1.165, 1.54) is 6.19 Å². The van der Waals surface area contributed by atoms with E-state index in [4.69, 9.17) is 5.26 Å². The molecule has 0 bridgehead atoms. The molecule has 0 rings (SSSR count). The van der Waals surface area contributed by atoms with E-state index in [9.17, 15) is 0 Å². The van der Waals surface area contributed by atoms with Crippen molar-refractivity contribution in [2.45, 2.75) is 0 Å². The monoisotopic (exact) mass is 186 g/mol. The summed E-state index contributed by atoms with van der Waals surface area (Å²) < 4.78 is 0. The molecule has 8 heavy (non-hydrogen) atoms. The van der Waals surface area contributed by atoms with Gasteiger partial charge in [0.2, 0.25) is 0 Å². The Morgan fingerprint density at radius 2 is 2.25 bits per heavy atom. The van der Waals surface area contributed by atoms with Crippen molar-refractivity contribution in [2.75, 3.05) is 7.05 Å². The van der Waals surface area contributed by atoms with E-state index in [0.717, 1.165) is 0 Å². The van der Waals surface area contributed by atoms with Gasteiger partial charge < -0.3 is 23.0 Å². The average Bonchev–Trinajstić information content (AvgIpc) is 1.61. The van der Waals surface area contributed by atoms with Crippen LogP contribution < -0.4 is 5.32 Å². The summed E-state index contributed by atoms with van der Waals surface area (Å²) in [6.45, 7) is 0. The van der Waals surface area contributed by atoms with Crippen molar-refractivity contribution in [3.63, 3.8) is 0 Å². The molecular weight excluding hydrogens is 179 g/mol. The number of rotatable bonds is 1. The van der Waals surface area contributed by atoms with Gasteiger partial charge in [0.1, 0.15) is 0 Å². The molecule has 0 aromatic rings. The van der Waals surface area contributed by atoms with E-state index in [1.807, 2.05) is 0 Å². The summed E-state index contributed by atoms with van der Waals surface area (Å²) in [5, 5.41) is 10.1. The average molecular weight is 186 g/mol. The maximum atomic E-state index is 7.68. The minimum absolute atomic E-state index is 0. The van der Waals surface area contributed by atoms with Crippen LogP contribution in [0.4, 0.5) is 0 Å². The van der Waals surface area contributed by atoms with Crippen LogP contribution in [0.3, 0.4) is 0 Å². The Bertz CT molecular complexity index is 83.8. The molecule has 0 aliphatic rings. The van der Waals surface area contributed by atoms with Gasteiger partial charge in [0.15, 0.2) is 0 Å². The Kier molecular flexibility index (Phi) is 30.8. The normalized spacial score (nSPS) is 6.00. The molecule has 0 aromatic carbocycles. The second-order valence-electron chi connectivity index (χ2n) is 0.574. The van der Waals surface area contributed by atoms with Gasteiger partial charge in [0, 0.05) is 32.7 Å². The first-order chi connectivity index (χ1) is 2.91. The van der Waals surface area contributed by atoms with Gasteiger partial charge in [-0.2, -0.15) is 0 Å². The van der Waals surface area contributed by atoms with Crippen molar-refractivity contribution in [1.82, 2.24) is 5.32 Å². The quantitative estimate of drug-likeness (QED) is 0.206. The molecule has 0 amide bonds. The molecule has 1 radical (unpaired) electrons. The Hall–Kier alpha value is 0.0639. The maximum absolute atomic E-state index is 7.68. The van der Waals surface area contributed by atoms with Crippen LogP contribution in [0.1, 0.15) is 0 Å². The fraction of sp³-hybridized carbons (Fsp3) is 0.250. The molecule has 0 fully saturated rings. The molecule has 1 N–H and O–H groups in total. The molecular formula is C4H7N3Y-2. The Morgan fingerprint density at radius 3 is 2.38 bits per heavy atom. The second kappa shape index (κ2) is 15.7. The van der Waals surface area contributed by atoms with Gasteiger partial charge in [0.05, 0.1) is 0 Å². The van der Waals surface area contributed by atoms with Crippen molar-refractivity contribution in [3.05, 3.63) is 7.43 Å². The molecule has 0 aliphatic heterocycles. The summed E-state index contributed by atoms with van der Waals surface area (Å²) in [5.74, 6) is 0. The third kappa shape index (κ3) is 16.6. The first-order valence-corrected chi connectivity index (χ1v) is 1.42. The molecule has 43 valence electrons. The minimum atomic E-state index is 0. The standard InChI is InChI=1S/C3H4N3.CH3.Y/c1-5-3-6-2-4;;/h1H3,(H,5,6);1H3;/q2*-1;. The second-order valence-corrected chi connectivity index (χ2v) is 0.574. The van der Waals surface area contributed by atoms with Crippen LogP contribution in [0, 0.1) is 18.9 Å². The molecule has 3 nitrogen and oxygen atoms in total. The number of nitriles is 1. The molecule has 0 spiro atoms. The SMILES string of the molecule is CN[C-]=NC#N.[CH3-].[Y]. The van der Waals surface area contributed by atoms with Gasteiger partial charge in [0.25, 0.3) is 0 Å². The van der Waals surface area contributed by atoms with E-state index in [1.54, 1.807) is 7.05 Å². The summed E-state index contributed by atoms with van der Waals surface area (Å²) in [6.07, 6.45) is 3.73. The van der Waals surface area contributed by atoms with Gasteiger partial charge in [-0.15, -0.1) is 0 Å². The molecule has 0 saturated heterocycles. The van der Waals surface area contributed by atoms with Crippen molar-refractivity contribution in [1.29, 1.82) is 5.26 Å². The van der Waals surface area contributed by atoms with Crippen molar-refractivity contribution < 1.29 is 32.7 Å². The zero-order chi connectivity index (χ0) is 4.83. The van der Waals surface area contributed by atoms with Gasteiger partial charge in [-0.25, -0.2) is 0 Å². The zero-order valence-corrected chi connectivity index (χ0v) is 7.81. The van der Waals surface area contributed by atoms with Crippen molar-refractivity contribution in [3.8, 4) is 6.19 Å². The van der Waals surface area contributed by atoms with Crippen LogP contribution in [0.25, 0.3) is 0 Å². The number of aliphatic imine (C=N–C) groups is 1. The fourth-order valence-electron chi connectivity index (χ4n) is 0.0809. The number of nitrogens with one attached hydrogen (secondary N) is 1. The third-order valence-corrected chi connectivity index (χ3v) is 0.218. The van der Waals surface area contributed by atoms with Crippen molar-refractivity contribution >= 4 is 6.34 Å². The van der Waals surface area contributed by atoms with E-state index in [2.05, 4.69) is 16.6 Å². The van der Waals surface area contributed by atoms with Crippen molar-refractivity contribution in [2.24, 2.45) is 4.99 Å². The molecule has 0 aromatic heterocycles. The Labute approximate surface area is 75.1 Å². The van der Waals surface area contributed by atoms with Gasteiger partial charge in [-0.05, 0) is 13.2 Å². The van der Waals surface area contributed by atoms with E-state index in [-0.39, 0.29) is 40.1 Å². The number of hydrogen-bond donors (Lipinski definition) is 1. The smallest absolute Gasteiger partial charge is 0 e. The van der Waals surface area contributed by atoms with Gasteiger partial charge >= 0.3 is 0 Å². The van der Waals surface area contributed by atoms with Crippen LogP contribution in [-0.4, -0.2) is 13.4 Å². The van der Waals surface area contributed by atoms with Gasteiger partial charge in [-0.3, -0.25) is 0 Å². The molecule has 0 atom stereocenters. The van der Waals surface area contributed by atoms with Crippen LogP contribution in [0.15, 0.2) is 4.99 Å². The Balaban J connectivity index is -0.000000125. The summed E-state index contributed by atoms with van der Waals surface area (Å²) in [6, 6.07) is 0. The maximum Gasteiger partial charge on any atom is 0 e. The largest absolute Gasteiger partial charge is 0.461 e. The summed E-state index contributed by atoms with van der Waals surface area (Å²) in [5.41, 5.74) is 0. The van der Waals surface area contributed by atoms with E-state index in [0.29, 0.717) is 0 Å². The minimum Gasteiger partial charge on any atom is -0.461 e. The summed E-state index contributed by atoms with van der Waals surface area (Å²) >= 11 is 0. The predicted molar refractivity (Wildman–Crippen MR) is 28.5 cm³/mol. The topological polar surface area (TPSA) is 48.2 Å². The predicted octanol–water partition coefficient (Wildman–Crippen LogP) is 0.0400. The van der Waals surface area contributed by atoms with E-state index < -0.39 is 0 Å². The molecule has 0 heterocycles. The van der Waals surface area contributed by atoms with E-state index >= 15 is 0 Å². The molecule has 0 aliphatic carbocycles. The number of nitrogens with zero attached hydrogens (tertiary/aromatic N) is 2. The molecule has 0 saturated carbocycles. The molecule has 0 unspecified atom stereocenters. The van der Waals surface area contributed by atoms with Crippen LogP contribution >= 0.6 is 0 Å². The third-order valence-electron chi connectivity index (χ3n) is 0.218. The van der Waals surface area contributed by atoms with Crippen LogP contribution in [0.2, 0.25) is 0 Å². The first-order valence-electron chi connectivity index (χ1n) is 1.42. The van der Waals surface area contributed by atoms with Crippen LogP contribution in [-0.2, 0) is 32.7 Å². The summed E-state index contributed by atoms with van der Waals surface area (Å²) in [7, 11) is 1.63. The molecule has 4 heteroatoms. The number of hydrogen-bond acceptors (Lipinski definition) is 2. The van der Waals surface area contributed by atoms with Crippen LogP contribution in [0.5, 0.6) is 0 Å². The Morgan fingerprint density at radius 1 is 1.75 bits per heavy atom. The first kappa shape index (κ1) is 15.7. The zero-order valence-electron chi connectivity index (χ0n) is 4.97. The summed E-state index contributed by atoms with van der Waals surface area (Å²) in [4.78, 5) is 3.03. The van der Waals surface area contributed by atoms with Gasteiger partial charge in [-0.1, -0.05) is 6.34 Å².